The summed E-state index contributed by atoms with van der Waals surface area (Å²) in [7, 11) is -4.40. The van der Waals surface area contributed by atoms with Gasteiger partial charge >= 0.3 is 19.8 Å². The van der Waals surface area contributed by atoms with Gasteiger partial charge in [-0.1, -0.05) is 345 Å². The number of rotatable bonds is 70. The molecule has 9 nitrogen and oxygen atoms in total. The Morgan fingerprint density at radius 1 is 0.323 bits per heavy atom. The van der Waals surface area contributed by atoms with E-state index >= 15 is 0 Å². The fourth-order valence-electron chi connectivity index (χ4n) is 10.4. The van der Waals surface area contributed by atoms with E-state index in [2.05, 4.69) is 172 Å². The minimum absolute atomic E-state index is 0.0486. The molecule has 2 atom stereocenters. The Morgan fingerprint density at radius 3 is 0.828 bits per heavy atom. The van der Waals surface area contributed by atoms with Crippen LogP contribution in [0.4, 0.5) is 0 Å². The Hall–Kier alpha value is -4.37. The van der Waals surface area contributed by atoms with Crippen molar-refractivity contribution in [2.24, 2.45) is 5.73 Å². The van der Waals surface area contributed by atoms with E-state index in [0.29, 0.717) is 6.42 Å². The number of ether oxygens (including phenoxy) is 2. The summed E-state index contributed by atoms with van der Waals surface area (Å²) in [5, 5.41) is 0. The van der Waals surface area contributed by atoms with Crippen LogP contribution in [0.1, 0.15) is 322 Å². The highest BCUT2D eigenvalue weighted by atomic mass is 31.2. The molecule has 0 fully saturated rings. The van der Waals surface area contributed by atoms with Gasteiger partial charge in [0.1, 0.15) is 6.61 Å². The van der Waals surface area contributed by atoms with E-state index in [0.717, 1.165) is 122 Å². The summed E-state index contributed by atoms with van der Waals surface area (Å²) in [5.74, 6) is -0.824. The SMILES string of the molecule is CC/C=C\C/C=C\C/C=C\C/C=C\C/C=C\C/C=C\C/C=C\C/C=C\CCCCCCCCCCCCCCCCC(=O)OC(COC(=O)CCCCCCCCCCCCCCCCCCC/C=C\C/C=C\C/C=C\C/C=C\C/C=C\CC)COP(=O)(O)OCCN. The fraction of sp³-hybridized carbons (Fsp3) is 0.663. The molecule has 0 amide bonds. The van der Waals surface area contributed by atoms with Crippen LogP contribution in [0.3, 0.4) is 0 Å². The van der Waals surface area contributed by atoms with Crippen LogP contribution in [0.15, 0.2) is 158 Å². The Bertz CT molecular complexity index is 2090. The molecule has 93 heavy (non-hydrogen) atoms. The van der Waals surface area contributed by atoms with Gasteiger partial charge in [-0.3, -0.25) is 18.6 Å². The average molecular weight is 1310 g/mol. The van der Waals surface area contributed by atoms with Gasteiger partial charge in [0.05, 0.1) is 13.2 Å². The van der Waals surface area contributed by atoms with Gasteiger partial charge in [0.15, 0.2) is 6.10 Å². The summed E-state index contributed by atoms with van der Waals surface area (Å²) in [6.45, 7) is 3.54. The molecule has 0 heterocycles. The van der Waals surface area contributed by atoms with Crippen molar-refractivity contribution in [3.63, 3.8) is 0 Å². The molecule has 0 aromatic rings. The van der Waals surface area contributed by atoms with Gasteiger partial charge < -0.3 is 20.1 Å². The molecule has 0 aliphatic heterocycles. The standard InChI is InChI=1S/C83H140NO8P/c1-3-5-7-9-11-13-15-17-19-21-23-25-27-29-31-33-35-37-38-39-40-41-42-44-46-48-50-52-54-56-58-60-62-64-66-68-70-72-74-76-83(86)92-81(80-91-93(87,88)90-78-77-84)79-89-82(85)75-73-71-69-67-65-63-61-59-57-55-53-51-49-47-45-43-36-34-32-30-28-26-24-22-20-18-16-14-12-10-8-6-4-2/h5-8,11-14,17-20,23-26,29-32,35,37,39-40,42,44,81H,3-4,9-10,15-16,21-22,27-28,33-34,36,38,41,43,45-80,84H2,1-2H3,(H,87,88)/b7-5-,8-6-,13-11-,14-12-,19-17-,20-18-,25-23-,26-24-,31-29-,32-30-,37-35-,40-39-,44-42-. The van der Waals surface area contributed by atoms with E-state index in [9.17, 15) is 19.0 Å². The molecule has 10 heteroatoms. The van der Waals surface area contributed by atoms with Gasteiger partial charge in [-0.2, -0.15) is 0 Å². The smallest absolute Gasteiger partial charge is 0.462 e. The molecule has 530 valence electrons. The van der Waals surface area contributed by atoms with Crippen LogP contribution in [-0.2, 0) is 32.7 Å². The molecule has 0 saturated heterocycles. The molecule has 0 rings (SSSR count). The maximum atomic E-state index is 12.8. The van der Waals surface area contributed by atoms with Crippen molar-refractivity contribution in [1.82, 2.24) is 0 Å². The van der Waals surface area contributed by atoms with Crippen LogP contribution in [0.2, 0.25) is 0 Å². The largest absolute Gasteiger partial charge is 0.472 e. The Morgan fingerprint density at radius 2 is 0.559 bits per heavy atom. The third kappa shape index (κ3) is 76.5. The van der Waals surface area contributed by atoms with Crippen LogP contribution in [-0.4, -0.2) is 49.3 Å². The van der Waals surface area contributed by atoms with Crippen LogP contribution in [0.5, 0.6) is 0 Å². The van der Waals surface area contributed by atoms with E-state index < -0.39 is 26.5 Å². The predicted octanol–water partition coefficient (Wildman–Crippen LogP) is 25.5. The van der Waals surface area contributed by atoms with Gasteiger partial charge in [-0.15, -0.1) is 0 Å². The number of allylic oxidation sites excluding steroid dienone is 26. The zero-order valence-electron chi connectivity index (χ0n) is 59.7. The quantitative estimate of drug-likeness (QED) is 0.0264. The Kier molecular flexibility index (Phi) is 73.0. The van der Waals surface area contributed by atoms with Crippen molar-refractivity contribution in [1.29, 1.82) is 0 Å². The minimum Gasteiger partial charge on any atom is -0.462 e. The number of esters is 2. The van der Waals surface area contributed by atoms with Gasteiger partial charge in [-0.05, 0) is 122 Å². The van der Waals surface area contributed by atoms with Crippen LogP contribution in [0, 0.1) is 0 Å². The Labute approximate surface area is 572 Å². The molecule has 3 N–H and O–H groups in total. The van der Waals surface area contributed by atoms with Crippen LogP contribution < -0.4 is 5.73 Å². The molecule has 2 unspecified atom stereocenters. The molecule has 0 aliphatic carbocycles. The van der Waals surface area contributed by atoms with Crippen molar-refractivity contribution >= 4 is 19.8 Å². The van der Waals surface area contributed by atoms with Crippen molar-refractivity contribution in [3.8, 4) is 0 Å². The monoisotopic (exact) mass is 1310 g/mol. The molecule has 0 saturated carbocycles. The second kappa shape index (κ2) is 76.6. The lowest BCUT2D eigenvalue weighted by atomic mass is 10.0. The second-order valence-electron chi connectivity index (χ2n) is 24.8. The first-order valence-electron chi connectivity index (χ1n) is 38.0. The van der Waals surface area contributed by atoms with Crippen molar-refractivity contribution in [3.05, 3.63) is 158 Å². The normalized spacial score (nSPS) is 13.8. The zero-order valence-corrected chi connectivity index (χ0v) is 60.6. The van der Waals surface area contributed by atoms with E-state index in [1.54, 1.807) is 0 Å². The predicted molar refractivity (Wildman–Crippen MR) is 403 cm³/mol. The minimum atomic E-state index is -4.40. The number of hydrogen-bond donors (Lipinski definition) is 2. The van der Waals surface area contributed by atoms with Gasteiger partial charge in [0.25, 0.3) is 0 Å². The molecule has 0 radical (unpaired) electrons. The number of carbonyl (C=O) groups excluding carboxylic acids is 2. The highest BCUT2D eigenvalue weighted by Crippen LogP contribution is 2.43. The summed E-state index contributed by atoms with van der Waals surface area (Å²) in [6, 6.07) is 0. The lowest BCUT2D eigenvalue weighted by Gasteiger charge is -2.19. The van der Waals surface area contributed by atoms with Crippen molar-refractivity contribution in [2.75, 3.05) is 26.4 Å². The van der Waals surface area contributed by atoms with Gasteiger partial charge in [0, 0.05) is 19.4 Å². The number of hydrogen-bond acceptors (Lipinski definition) is 8. The molecule has 0 bridgehead atoms. The van der Waals surface area contributed by atoms with E-state index in [1.165, 1.54) is 167 Å². The third-order valence-corrected chi connectivity index (χ3v) is 16.9. The molecule has 0 aliphatic rings. The summed E-state index contributed by atoms with van der Waals surface area (Å²) in [5.41, 5.74) is 5.41. The zero-order chi connectivity index (χ0) is 67.2. The number of phosphoric ester groups is 1. The number of phosphoric acid groups is 1. The van der Waals surface area contributed by atoms with Crippen molar-refractivity contribution < 1.29 is 37.6 Å². The van der Waals surface area contributed by atoms with Gasteiger partial charge in [0.2, 0.25) is 0 Å². The first-order valence-corrected chi connectivity index (χ1v) is 39.5. The highest BCUT2D eigenvalue weighted by molar-refractivity contribution is 7.47. The first-order chi connectivity index (χ1) is 45.8. The summed E-state index contributed by atoms with van der Waals surface area (Å²) in [6.07, 6.45) is 112. The summed E-state index contributed by atoms with van der Waals surface area (Å²) >= 11 is 0. The second-order valence-corrected chi connectivity index (χ2v) is 26.2. The van der Waals surface area contributed by atoms with E-state index in [4.69, 9.17) is 24.3 Å². The molecule has 0 aromatic heterocycles. The summed E-state index contributed by atoms with van der Waals surface area (Å²) in [4.78, 5) is 35.4. The summed E-state index contributed by atoms with van der Waals surface area (Å²) < 4.78 is 33.2. The first kappa shape index (κ1) is 88.6. The number of carbonyl (C=O) groups is 2. The van der Waals surface area contributed by atoms with Crippen LogP contribution >= 0.6 is 7.82 Å². The van der Waals surface area contributed by atoms with E-state index in [-0.39, 0.29) is 38.6 Å². The lowest BCUT2D eigenvalue weighted by Crippen LogP contribution is -2.29. The maximum absolute atomic E-state index is 12.8. The maximum Gasteiger partial charge on any atom is 0.472 e. The highest BCUT2D eigenvalue weighted by Gasteiger charge is 2.26. The average Bonchev–Trinajstić information content (AvgIpc) is 3.60. The number of unbranched alkanes of at least 4 members (excludes halogenated alkanes) is 31. The van der Waals surface area contributed by atoms with E-state index in [1.807, 2.05) is 0 Å². The van der Waals surface area contributed by atoms with Gasteiger partial charge in [-0.25, -0.2) is 4.57 Å². The Balaban J connectivity index is 3.87. The third-order valence-electron chi connectivity index (χ3n) is 15.9. The number of nitrogens with two attached hydrogens (primary N) is 1. The topological polar surface area (TPSA) is 134 Å². The lowest BCUT2D eigenvalue weighted by molar-refractivity contribution is -0.161. The fourth-order valence-corrected chi connectivity index (χ4v) is 11.2. The van der Waals surface area contributed by atoms with Crippen molar-refractivity contribution in [2.45, 2.75) is 328 Å². The molecule has 0 aromatic carbocycles. The molecular formula is C83H140NO8P. The molecular weight excluding hydrogens is 1170 g/mol. The van der Waals surface area contributed by atoms with Crippen LogP contribution in [0.25, 0.3) is 0 Å². The molecule has 0 spiro atoms.